The molecule has 174 valence electrons. The number of carbonyl (C=O) groups excluding carboxylic acids is 3. The molecule has 0 aromatic rings. The molecular weight excluding hydrogens is 404 g/mol. The molecule has 0 unspecified atom stereocenters. The number of aliphatic hydroxyl groups excluding tert-OH is 1. The number of amides is 1. The Balaban J connectivity index is 1.91. The van der Waals surface area contributed by atoms with Crippen LogP contribution in [0.3, 0.4) is 0 Å². The molecule has 0 saturated carbocycles. The van der Waals surface area contributed by atoms with Crippen molar-refractivity contribution in [1.29, 1.82) is 0 Å². The fourth-order valence-electron chi connectivity index (χ4n) is 2.93. The summed E-state index contributed by atoms with van der Waals surface area (Å²) in [5, 5.41) is 31.0. The summed E-state index contributed by atoms with van der Waals surface area (Å²) < 4.78 is 5.32. The normalized spacial score (nSPS) is 19.4. The van der Waals surface area contributed by atoms with Gasteiger partial charge in [0.1, 0.15) is 5.60 Å². The number of aliphatic hydroxyl groups is 1. The Morgan fingerprint density at radius 3 is 2.00 bits per heavy atom. The number of nitrogens with zero attached hydrogens (tertiary/aromatic N) is 4. The Bertz CT molecular complexity index is 733. The van der Waals surface area contributed by atoms with Crippen LogP contribution in [0, 0.1) is 5.92 Å². The minimum absolute atomic E-state index is 0.193. The van der Waals surface area contributed by atoms with Gasteiger partial charge in [0.15, 0.2) is 17.1 Å². The molecule has 2 aliphatic heterocycles. The average Bonchev–Trinajstić information content (AvgIpc) is 3.56. The molecule has 11 nitrogen and oxygen atoms in total. The zero-order chi connectivity index (χ0) is 23.3. The molecule has 0 aromatic carbocycles. The first-order chi connectivity index (χ1) is 14.3. The molecule has 1 amide bonds. The van der Waals surface area contributed by atoms with Crippen LogP contribution in [0.15, 0.2) is 20.5 Å². The van der Waals surface area contributed by atoms with Gasteiger partial charge in [-0.05, 0) is 34.6 Å². The highest BCUT2D eigenvalue weighted by molar-refractivity contribution is 5.91. The second-order valence-electron chi connectivity index (χ2n) is 9.47. The molecule has 2 heterocycles. The van der Waals surface area contributed by atoms with Crippen molar-refractivity contribution in [2.45, 2.75) is 83.3 Å². The third-order valence-corrected chi connectivity index (χ3v) is 4.99. The summed E-state index contributed by atoms with van der Waals surface area (Å²) in [6.45, 7) is 9.28. The summed E-state index contributed by atoms with van der Waals surface area (Å²) in [6.07, 6.45) is 0.727. The molecule has 0 bridgehead atoms. The molecule has 0 saturated heterocycles. The zero-order valence-corrected chi connectivity index (χ0v) is 19.0. The van der Waals surface area contributed by atoms with E-state index < -0.39 is 47.4 Å². The summed E-state index contributed by atoms with van der Waals surface area (Å²) in [6, 6.07) is -0.834. The molecule has 0 radical (unpaired) electrons. The van der Waals surface area contributed by atoms with E-state index >= 15 is 0 Å². The first-order valence-electron chi connectivity index (χ1n) is 10.6. The van der Waals surface area contributed by atoms with Crippen molar-refractivity contribution in [3.63, 3.8) is 0 Å². The van der Waals surface area contributed by atoms with Crippen molar-refractivity contribution in [1.82, 2.24) is 10.6 Å². The Labute approximate surface area is 182 Å². The van der Waals surface area contributed by atoms with Gasteiger partial charge in [-0.3, -0.25) is 14.4 Å². The van der Waals surface area contributed by atoms with Crippen molar-refractivity contribution >= 4 is 17.7 Å². The van der Waals surface area contributed by atoms with Crippen LogP contribution in [0.25, 0.3) is 0 Å². The molecule has 11 heteroatoms. The predicted molar refractivity (Wildman–Crippen MR) is 111 cm³/mol. The number of carbonyl (C=O) groups is 3. The quantitative estimate of drug-likeness (QED) is 0.349. The monoisotopic (exact) mass is 438 g/mol. The van der Waals surface area contributed by atoms with E-state index in [4.69, 9.17) is 4.74 Å². The Morgan fingerprint density at radius 2 is 1.52 bits per heavy atom. The topological polar surface area (TPSA) is 154 Å². The largest absolute Gasteiger partial charge is 0.460 e. The molecule has 0 fully saturated rings. The second kappa shape index (κ2) is 9.90. The van der Waals surface area contributed by atoms with Gasteiger partial charge in [0.05, 0.1) is 25.0 Å². The second-order valence-corrected chi connectivity index (χ2v) is 9.47. The number of esters is 1. The van der Waals surface area contributed by atoms with Crippen LogP contribution < -0.4 is 10.6 Å². The van der Waals surface area contributed by atoms with E-state index in [1.54, 1.807) is 20.8 Å². The minimum Gasteiger partial charge on any atom is -0.460 e. The maximum atomic E-state index is 12.7. The molecule has 0 aromatic heterocycles. The Kier molecular flexibility index (Phi) is 7.98. The molecule has 31 heavy (non-hydrogen) atoms. The molecule has 2 atom stereocenters. The van der Waals surface area contributed by atoms with Gasteiger partial charge in [-0.1, -0.05) is 0 Å². The highest BCUT2D eigenvalue weighted by Crippen LogP contribution is 2.30. The van der Waals surface area contributed by atoms with Crippen LogP contribution in [-0.2, 0) is 19.1 Å². The molecule has 0 spiro atoms. The molecule has 3 N–H and O–H groups in total. The van der Waals surface area contributed by atoms with Gasteiger partial charge in [0.25, 0.3) is 0 Å². The third-order valence-electron chi connectivity index (χ3n) is 4.99. The lowest BCUT2D eigenvalue weighted by Gasteiger charge is -2.23. The Hall–Kier alpha value is -2.27. The van der Waals surface area contributed by atoms with Crippen molar-refractivity contribution in [2.75, 3.05) is 19.7 Å². The summed E-state index contributed by atoms with van der Waals surface area (Å²) in [4.78, 5) is 37.7. The number of ether oxygens (including phenoxy) is 1. The SMILES string of the molecule is CC1(CCNC(=O)[C@H](CC(=O)OC(C)(C)C)CC(=O)[C@H](CO)NCCC2(C)N=N2)N=N1. The molecule has 2 rings (SSSR count). The Morgan fingerprint density at radius 1 is 0.968 bits per heavy atom. The molecule has 0 aliphatic carbocycles. The van der Waals surface area contributed by atoms with Gasteiger partial charge < -0.3 is 20.5 Å². The van der Waals surface area contributed by atoms with Crippen molar-refractivity contribution in [2.24, 2.45) is 26.4 Å². The summed E-state index contributed by atoms with van der Waals surface area (Å²) in [5.74, 6) is -2.22. The van der Waals surface area contributed by atoms with Crippen LogP contribution in [0.2, 0.25) is 0 Å². The summed E-state index contributed by atoms with van der Waals surface area (Å²) >= 11 is 0. The van der Waals surface area contributed by atoms with E-state index in [1.807, 2.05) is 13.8 Å². The van der Waals surface area contributed by atoms with E-state index in [9.17, 15) is 19.5 Å². The number of rotatable bonds is 14. The van der Waals surface area contributed by atoms with Gasteiger partial charge in [0, 0.05) is 32.4 Å². The third kappa shape index (κ3) is 9.18. The highest BCUT2D eigenvalue weighted by atomic mass is 16.6. The number of ketones is 1. The van der Waals surface area contributed by atoms with Gasteiger partial charge in [0.2, 0.25) is 5.91 Å². The van der Waals surface area contributed by atoms with Crippen LogP contribution >= 0.6 is 0 Å². The first kappa shape index (κ1) is 25.0. The number of nitrogens with one attached hydrogen (secondary N) is 2. The van der Waals surface area contributed by atoms with Gasteiger partial charge in [-0.25, -0.2) is 0 Å². The van der Waals surface area contributed by atoms with Gasteiger partial charge >= 0.3 is 5.97 Å². The number of Topliss-reactive ketones (excluding diaryl/α,β-unsaturated/α-hetero) is 1. The van der Waals surface area contributed by atoms with Gasteiger partial charge in [-0.2, -0.15) is 20.5 Å². The fourth-order valence-corrected chi connectivity index (χ4v) is 2.93. The maximum absolute atomic E-state index is 12.7. The molecule has 2 aliphatic rings. The number of hydrogen-bond donors (Lipinski definition) is 3. The first-order valence-corrected chi connectivity index (χ1v) is 10.6. The predicted octanol–water partition coefficient (Wildman–Crippen LogP) is 1.50. The van der Waals surface area contributed by atoms with E-state index in [0.29, 0.717) is 25.9 Å². The van der Waals surface area contributed by atoms with Crippen LogP contribution in [-0.4, -0.2) is 65.4 Å². The minimum atomic E-state index is -0.898. The smallest absolute Gasteiger partial charge is 0.307 e. The van der Waals surface area contributed by atoms with Crippen LogP contribution in [0.5, 0.6) is 0 Å². The van der Waals surface area contributed by atoms with Crippen molar-refractivity contribution in [3.05, 3.63) is 0 Å². The molecular formula is C20H34N6O5. The summed E-state index contributed by atoms with van der Waals surface area (Å²) in [7, 11) is 0. The lowest BCUT2D eigenvalue weighted by Crippen LogP contribution is -2.44. The summed E-state index contributed by atoms with van der Waals surface area (Å²) in [5.41, 5.74) is -1.56. The average molecular weight is 439 g/mol. The lowest BCUT2D eigenvalue weighted by molar-refractivity contribution is -0.157. The maximum Gasteiger partial charge on any atom is 0.307 e. The van der Waals surface area contributed by atoms with E-state index in [0.717, 1.165) is 0 Å². The van der Waals surface area contributed by atoms with Crippen molar-refractivity contribution in [3.8, 4) is 0 Å². The van der Waals surface area contributed by atoms with E-state index in [-0.39, 0.29) is 18.6 Å². The fraction of sp³-hybridized carbons (Fsp3) is 0.850. The van der Waals surface area contributed by atoms with Crippen molar-refractivity contribution < 1.29 is 24.2 Å². The van der Waals surface area contributed by atoms with Crippen LogP contribution in [0.4, 0.5) is 0 Å². The zero-order valence-electron chi connectivity index (χ0n) is 19.0. The standard InChI is InChI=1S/C20H34N6O5/c1-18(2,3)31-16(29)11-13(17(30)22-9-7-20(5)25-26-20)10-15(28)14(12-27)21-8-6-19(4)23-24-19/h13-14,21,27H,6-12H2,1-5H3,(H,22,30)/t13-,14-/m0/s1. The highest BCUT2D eigenvalue weighted by Gasteiger charge is 2.35. The van der Waals surface area contributed by atoms with E-state index in [2.05, 4.69) is 31.1 Å². The number of hydrogen-bond acceptors (Lipinski definition) is 10. The lowest BCUT2D eigenvalue weighted by atomic mass is 9.94. The van der Waals surface area contributed by atoms with Gasteiger partial charge in [-0.15, -0.1) is 0 Å². The van der Waals surface area contributed by atoms with Crippen LogP contribution in [0.1, 0.15) is 60.3 Å². The van der Waals surface area contributed by atoms with E-state index in [1.165, 1.54) is 0 Å².